The lowest BCUT2D eigenvalue weighted by molar-refractivity contribution is -0.119. The molecule has 0 aliphatic carbocycles. The zero-order valence-electron chi connectivity index (χ0n) is 16.7. The Hall–Kier alpha value is -3.10. The molecule has 3 rings (SSSR count). The normalized spacial score (nSPS) is 19.6. The van der Waals surface area contributed by atoms with Gasteiger partial charge >= 0.3 is 0 Å². The van der Waals surface area contributed by atoms with Crippen molar-refractivity contribution in [2.24, 2.45) is 5.73 Å². The molecular formula is C22H27N3O5. The number of nitrogens with two attached hydrogens (primary N) is 1. The fourth-order valence-electron chi connectivity index (χ4n) is 3.50. The molecule has 0 unspecified atom stereocenters. The molecule has 1 saturated heterocycles. The molecule has 0 bridgehead atoms. The van der Waals surface area contributed by atoms with E-state index >= 15 is 0 Å². The largest absolute Gasteiger partial charge is 0.508 e. The van der Waals surface area contributed by atoms with E-state index in [1.165, 1.54) is 0 Å². The van der Waals surface area contributed by atoms with E-state index in [0.29, 0.717) is 30.8 Å². The monoisotopic (exact) mass is 413 g/mol. The molecule has 1 heterocycles. The number of nitrogens with one attached hydrogen (secondary N) is 1. The van der Waals surface area contributed by atoms with E-state index in [-0.39, 0.29) is 18.3 Å². The maximum absolute atomic E-state index is 12.7. The molecule has 2 amide bonds. The SMILES string of the molecule is NC(=O)COc1ccc(C(=O)N[C@@H]2CN(Cc3ccccc3O)CCC[C@H]2O)cc1. The number of aromatic hydroxyl groups is 1. The highest BCUT2D eigenvalue weighted by atomic mass is 16.5. The first-order valence-corrected chi connectivity index (χ1v) is 9.91. The average molecular weight is 413 g/mol. The molecular weight excluding hydrogens is 386 g/mol. The molecule has 0 radical (unpaired) electrons. The van der Waals surface area contributed by atoms with E-state index in [9.17, 15) is 19.8 Å². The van der Waals surface area contributed by atoms with Crippen LogP contribution in [0.15, 0.2) is 48.5 Å². The summed E-state index contributed by atoms with van der Waals surface area (Å²) in [6, 6.07) is 13.1. The van der Waals surface area contributed by atoms with Gasteiger partial charge in [0, 0.05) is 24.2 Å². The van der Waals surface area contributed by atoms with Gasteiger partial charge in [0.15, 0.2) is 6.61 Å². The van der Waals surface area contributed by atoms with Crippen LogP contribution in [0.4, 0.5) is 0 Å². The Morgan fingerprint density at radius 3 is 2.60 bits per heavy atom. The van der Waals surface area contributed by atoms with Crippen molar-refractivity contribution in [1.82, 2.24) is 10.2 Å². The van der Waals surface area contributed by atoms with E-state index < -0.39 is 18.1 Å². The molecule has 1 aliphatic heterocycles. The lowest BCUT2D eigenvalue weighted by Crippen LogP contribution is -2.48. The van der Waals surface area contributed by atoms with E-state index in [1.54, 1.807) is 36.4 Å². The Morgan fingerprint density at radius 1 is 1.17 bits per heavy atom. The Morgan fingerprint density at radius 2 is 1.90 bits per heavy atom. The second kappa shape index (κ2) is 10.1. The molecule has 2 aromatic carbocycles. The number of hydrogen-bond acceptors (Lipinski definition) is 6. The molecule has 0 saturated carbocycles. The minimum atomic E-state index is -0.651. The van der Waals surface area contributed by atoms with Gasteiger partial charge in [0.2, 0.25) is 0 Å². The van der Waals surface area contributed by atoms with Gasteiger partial charge in [-0.3, -0.25) is 14.5 Å². The summed E-state index contributed by atoms with van der Waals surface area (Å²) < 4.78 is 5.19. The molecule has 8 nitrogen and oxygen atoms in total. The van der Waals surface area contributed by atoms with Crippen LogP contribution in [0.1, 0.15) is 28.8 Å². The lowest BCUT2D eigenvalue weighted by Gasteiger charge is -2.27. The van der Waals surface area contributed by atoms with E-state index in [1.807, 2.05) is 12.1 Å². The number of rotatable bonds is 7. The topological polar surface area (TPSA) is 125 Å². The van der Waals surface area contributed by atoms with Crippen LogP contribution < -0.4 is 15.8 Å². The van der Waals surface area contributed by atoms with Gasteiger partial charge in [-0.05, 0) is 49.7 Å². The molecule has 1 aliphatic rings. The maximum Gasteiger partial charge on any atom is 0.255 e. The number of likely N-dealkylation sites (tertiary alicyclic amines) is 1. The summed E-state index contributed by atoms with van der Waals surface area (Å²) in [5.74, 6) is -0.201. The predicted octanol–water partition coefficient (Wildman–Crippen LogP) is 1.01. The van der Waals surface area contributed by atoms with Gasteiger partial charge < -0.3 is 26.0 Å². The van der Waals surface area contributed by atoms with Crippen molar-refractivity contribution in [3.8, 4) is 11.5 Å². The van der Waals surface area contributed by atoms with Gasteiger partial charge in [-0.25, -0.2) is 0 Å². The van der Waals surface area contributed by atoms with E-state index in [0.717, 1.165) is 18.5 Å². The van der Waals surface area contributed by atoms with Crippen LogP contribution in [0.2, 0.25) is 0 Å². The average Bonchev–Trinajstić information content (AvgIpc) is 2.89. The number of aliphatic hydroxyl groups excluding tert-OH is 1. The van der Waals surface area contributed by atoms with Gasteiger partial charge in [0.05, 0.1) is 12.1 Å². The van der Waals surface area contributed by atoms with E-state index in [2.05, 4.69) is 10.2 Å². The van der Waals surface area contributed by atoms with Crippen molar-refractivity contribution in [3.05, 3.63) is 59.7 Å². The van der Waals surface area contributed by atoms with Crippen LogP contribution in [0.5, 0.6) is 11.5 Å². The number of phenols is 1. The standard InChI is InChI=1S/C22H27N3O5/c23-21(28)14-30-17-9-7-15(8-10-17)22(29)24-18-13-25(11-3-6-20(18)27)12-16-4-1-2-5-19(16)26/h1-2,4-5,7-10,18,20,26-27H,3,6,11-14H2,(H2,23,28)(H,24,29)/t18-,20-/m1/s1. The number of carbonyl (C=O) groups is 2. The second-order valence-electron chi connectivity index (χ2n) is 7.43. The maximum atomic E-state index is 12.7. The molecule has 0 aromatic heterocycles. The number of aliphatic hydroxyl groups is 1. The third-order valence-corrected chi connectivity index (χ3v) is 5.09. The minimum Gasteiger partial charge on any atom is -0.508 e. The van der Waals surface area contributed by atoms with Crippen molar-refractivity contribution >= 4 is 11.8 Å². The number of phenolic OH excluding ortho intramolecular Hbond substituents is 1. The van der Waals surface area contributed by atoms with Crippen LogP contribution in [-0.4, -0.2) is 58.8 Å². The zero-order chi connectivity index (χ0) is 21.5. The molecule has 160 valence electrons. The lowest BCUT2D eigenvalue weighted by atomic mass is 10.1. The summed E-state index contributed by atoms with van der Waals surface area (Å²) in [6.45, 7) is 1.55. The zero-order valence-corrected chi connectivity index (χ0v) is 16.7. The highest BCUT2D eigenvalue weighted by Gasteiger charge is 2.27. The number of nitrogens with zero attached hydrogens (tertiary/aromatic N) is 1. The predicted molar refractivity (Wildman–Crippen MR) is 111 cm³/mol. The Bertz CT molecular complexity index is 871. The summed E-state index contributed by atoms with van der Waals surface area (Å²) in [5.41, 5.74) is 6.28. The molecule has 5 N–H and O–H groups in total. The van der Waals surface area contributed by atoms with Crippen molar-refractivity contribution < 1.29 is 24.5 Å². The third kappa shape index (κ3) is 5.95. The van der Waals surface area contributed by atoms with Gasteiger partial charge in [0.25, 0.3) is 11.8 Å². The van der Waals surface area contributed by atoms with Crippen molar-refractivity contribution in [2.75, 3.05) is 19.7 Å². The molecule has 0 spiro atoms. The number of amides is 2. The second-order valence-corrected chi connectivity index (χ2v) is 7.43. The number of carbonyl (C=O) groups excluding carboxylic acids is 2. The van der Waals surface area contributed by atoms with Crippen LogP contribution in [0, 0.1) is 0 Å². The highest BCUT2D eigenvalue weighted by Crippen LogP contribution is 2.21. The first kappa shape index (κ1) is 21.6. The molecule has 2 aromatic rings. The summed E-state index contributed by atoms with van der Waals surface area (Å²) in [4.78, 5) is 25.6. The van der Waals surface area contributed by atoms with Crippen molar-refractivity contribution in [1.29, 1.82) is 0 Å². The summed E-state index contributed by atoms with van der Waals surface area (Å²) >= 11 is 0. The quantitative estimate of drug-likeness (QED) is 0.537. The van der Waals surface area contributed by atoms with Gasteiger partial charge in [-0.15, -0.1) is 0 Å². The smallest absolute Gasteiger partial charge is 0.255 e. The summed E-state index contributed by atoms with van der Waals surface area (Å²) in [7, 11) is 0. The number of ether oxygens (including phenoxy) is 1. The Balaban J connectivity index is 1.62. The third-order valence-electron chi connectivity index (χ3n) is 5.09. The van der Waals surface area contributed by atoms with Gasteiger partial charge in [0.1, 0.15) is 11.5 Å². The number of hydrogen-bond donors (Lipinski definition) is 4. The summed E-state index contributed by atoms with van der Waals surface area (Å²) in [6.07, 6.45) is 0.733. The van der Waals surface area contributed by atoms with E-state index in [4.69, 9.17) is 10.5 Å². The Labute approximate surface area is 175 Å². The number of para-hydroxylation sites is 1. The molecule has 1 fully saturated rings. The van der Waals surface area contributed by atoms with Gasteiger partial charge in [-0.1, -0.05) is 18.2 Å². The fourth-order valence-corrected chi connectivity index (χ4v) is 3.50. The van der Waals surface area contributed by atoms with Crippen LogP contribution >= 0.6 is 0 Å². The minimum absolute atomic E-state index is 0.230. The van der Waals surface area contributed by atoms with Gasteiger partial charge in [-0.2, -0.15) is 0 Å². The molecule has 30 heavy (non-hydrogen) atoms. The van der Waals surface area contributed by atoms with Crippen LogP contribution in [0.25, 0.3) is 0 Å². The number of primary amides is 1. The summed E-state index contributed by atoms with van der Waals surface area (Å²) in [5, 5.41) is 23.4. The van der Waals surface area contributed by atoms with Crippen LogP contribution in [0.3, 0.4) is 0 Å². The van der Waals surface area contributed by atoms with Crippen LogP contribution in [-0.2, 0) is 11.3 Å². The Kier molecular flexibility index (Phi) is 7.26. The first-order valence-electron chi connectivity index (χ1n) is 9.91. The van der Waals surface area contributed by atoms with Crippen molar-refractivity contribution in [3.63, 3.8) is 0 Å². The molecule has 8 heteroatoms. The number of benzene rings is 2. The molecule has 2 atom stereocenters. The fraction of sp³-hybridized carbons (Fsp3) is 0.364. The highest BCUT2D eigenvalue weighted by molar-refractivity contribution is 5.94. The first-order chi connectivity index (χ1) is 14.4. The van der Waals surface area contributed by atoms with Crippen molar-refractivity contribution in [2.45, 2.75) is 31.5 Å².